The highest BCUT2D eigenvalue weighted by Gasteiger charge is 2.25. The summed E-state index contributed by atoms with van der Waals surface area (Å²) in [4.78, 5) is 14.7. The Morgan fingerprint density at radius 3 is 2.96 bits per heavy atom. The van der Waals surface area contributed by atoms with Crippen LogP contribution in [0, 0.1) is 0 Å². The molecule has 0 radical (unpaired) electrons. The van der Waals surface area contributed by atoms with Crippen LogP contribution >= 0.6 is 11.6 Å². The number of nitrogens with one attached hydrogen (secondary N) is 2. The van der Waals surface area contributed by atoms with Crippen molar-refractivity contribution in [2.45, 2.75) is 31.3 Å². The fourth-order valence-corrected chi connectivity index (χ4v) is 3.68. The minimum atomic E-state index is 0.0734. The summed E-state index contributed by atoms with van der Waals surface area (Å²) in [6.45, 7) is 4.92. The molecule has 0 bridgehead atoms. The monoisotopic (exact) mass is 351 g/mol. The molecule has 132 valence electrons. The van der Waals surface area contributed by atoms with Crippen molar-refractivity contribution in [3.8, 4) is 0 Å². The predicted molar refractivity (Wildman–Crippen MR) is 95.2 cm³/mol. The van der Waals surface area contributed by atoms with E-state index in [1.165, 1.54) is 18.4 Å². The van der Waals surface area contributed by atoms with Gasteiger partial charge in [0.1, 0.15) is 0 Å². The summed E-state index contributed by atoms with van der Waals surface area (Å²) in [6.07, 6.45) is 2.89. The van der Waals surface area contributed by atoms with Crippen LogP contribution in [0.3, 0.4) is 0 Å². The zero-order chi connectivity index (χ0) is 16.8. The zero-order valence-electron chi connectivity index (χ0n) is 14.0. The molecular weight excluding hydrogens is 326 g/mol. The molecule has 1 aromatic rings. The van der Waals surface area contributed by atoms with Crippen molar-refractivity contribution in [1.82, 2.24) is 15.5 Å². The highest BCUT2D eigenvalue weighted by Crippen LogP contribution is 2.26. The van der Waals surface area contributed by atoms with Gasteiger partial charge in [-0.2, -0.15) is 0 Å². The number of carbonyl (C=O) groups is 1. The average Bonchev–Trinajstić information content (AvgIpc) is 3.10. The second kappa shape index (κ2) is 8.81. The van der Waals surface area contributed by atoms with Gasteiger partial charge in [0.2, 0.25) is 5.91 Å². The van der Waals surface area contributed by atoms with E-state index in [0.717, 1.165) is 31.3 Å². The Morgan fingerprint density at radius 1 is 1.42 bits per heavy atom. The Balaban J connectivity index is 1.58. The third kappa shape index (κ3) is 4.93. The van der Waals surface area contributed by atoms with E-state index < -0.39 is 0 Å². The number of ether oxygens (including phenoxy) is 1. The van der Waals surface area contributed by atoms with Crippen LogP contribution in [0.1, 0.15) is 30.9 Å². The number of hydrogen-bond donors (Lipinski definition) is 2. The van der Waals surface area contributed by atoms with E-state index in [4.69, 9.17) is 16.3 Å². The minimum Gasteiger partial charge on any atom is -0.378 e. The predicted octanol–water partition coefficient (Wildman–Crippen LogP) is 1.97. The number of nitrogens with zero attached hydrogens (tertiary/aromatic N) is 1. The number of rotatable bonds is 6. The van der Waals surface area contributed by atoms with Gasteiger partial charge >= 0.3 is 0 Å². The van der Waals surface area contributed by atoms with Crippen LogP contribution < -0.4 is 10.6 Å². The quantitative estimate of drug-likeness (QED) is 0.822. The van der Waals surface area contributed by atoms with Crippen LogP contribution in [-0.2, 0) is 9.53 Å². The van der Waals surface area contributed by atoms with Crippen molar-refractivity contribution in [2.75, 3.05) is 39.4 Å². The summed E-state index contributed by atoms with van der Waals surface area (Å²) in [7, 11) is 0. The summed E-state index contributed by atoms with van der Waals surface area (Å²) >= 11 is 6.16. The van der Waals surface area contributed by atoms with E-state index in [2.05, 4.69) is 21.6 Å². The molecule has 24 heavy (non-hydrogen) atoms. The number of halogens is 1. The Hall–Kier alpha value is -1.14. The van der Waals surface area contributed by atoms with E-state index in [9.17, 15) is 4.79 Å². The molecule has 0 aliphatic carbocycles. The maximum absolute atomic E-state index is 12.3. The molecule has 2 aliphatic heterocycles. The van der Waals surface area contributed by atoms with Crippen LogP contribution in [0.5, 0.6) is 0 Å². The van der Waals surface area contributed by atoms with Gasteiger partial charge in [-0.25, -0.2) is 0 Å². The van der Waals surface area contributed by atoms with Crippen molar-refractivity contribution in [3.05, 3.63) is 34.9 Å². The normalized spacial score (nSPS) is 23.1. The summed E-state index contributed by atoms with van der Waals surface area (Å²) in [5, 5.41) is 7.17. The van der Waals surface area contributed by atoms with E-state index in [0.29, 0.717) is 19.6 Å². The smallest absolute Gasteiger partial charge is 0.221 e. The van der Waals surface area contributed by atoms with Crippen LogP contribution in [0.2, 0.25) is 5.02 Å². The van der Waals surface area contributed by atoms with Crippen LogP contribution in [0.25, 0.3) is 0 Å². The molecule has 2 aliphatic rings. The molecule has 0 aromatic heterocycles. The first-order valence-corrected chi connectivity index (χ1v) is 9.17. The van der Waals surface area contributed by atoms with Gasteiger partial charge in [-0.05, 0) is 43.6 Å². The number of likely N-dealkylation sites (tertiary alicyclic amines) is 1. The summed E-state index contributed by atoms with van der Waals surface area (Å²) < 4.78 is 5.41. The molecule has 5 nitrogen and oxygen atoms in total. The van der Waals surface area contributed by atoms with Crippen molar-refractivity contribution in [3.63, 3.8) is 0 Å². The Bertz CT molecular complexity index is 543. The Morgan fingerprint density at radius 2 is 2.25 bits per heavy atom. The van der Waals surface area contributed by atoms with Crippen molar-refractivity contribution >= 4 is 17.5 Å². The first-order valence-electron chi connectivity index (χ1n) is 8.80. The molecule has 2 N–H and O–H groups in total. The summed E-state index contributed by atoms with van der Waals surface area (Å²) in [5.74, 6) is 0.0734. The van der Waals surface area contributed by atoms with Crippen LogP contribution in [0.15, 0.2) is 24.3 Å². The lowest BCUT2D eigenvalue weighted by Crippen LogP contribution is -2.45. The first-order chi connectivity index (χ1) is 11.7. The molecule has 6 heteroatoms. The zero-order valence-corrected chi connectivity index (χ0v) is 14.7. The average molecular weight is 352 g/mol. The minimum absolute atomic E-state index is 0.0734. The van der Waals surface area contributed by atoms with E-state index in [1.807, 2.05) is 18.2 Å². The Labute approximate surface area is 148 Å². The number of hydrogen-bond acceptors (Lipinski definition) is 4. The van der Waals surface area contributed by atoms with Crippen molar-refractivity contribution in [2.24, 2.45) is 0 Å². The third-order valence-electron chi connectivity index (χ3n) is 4.74. The molecule has 0 saturated carbocycles. The largest absolute Gasteiger partial charge is 0.378 e. The van der Waals surface area contributed by atoms with Crippen molar-refractivity contribution < 1.29 is 9.53 Å². The SMILES string of the molecule is O=C(CC1COCCN1)NCC(c1cccc(Cl)c1)N1CCCC1. The second-order valence-electron chi connectivity index (χ2n) is 6.55. The summed E-state index contributed by atoms with van der Waals surface area (Å²) in [5.41, 5.74) is 1.17. The lowest BCUT2D eigenvalue weighted by atomic mass is 10.1. The standard InChI is InChI=1S/C18H26ClN3O2/c19-15-5-3-4-14(10-15)17(22-7-1-2-8-22)12-21-18(23)11-16-13-24-9-6-20-16/h3-5,10,16-17,20H,1-2,6-9,11-13H2,(H,21,23). The lowest BCUT2D eigenvalue weighted by Gasteiger charge is -2.29. The van der Waals surface area contributed by atoms with E-state index in [-0.39, 0.29) is 18.0 Å². The van der Waals surface area contributed by atoms with Gasteiger partial charge in [-0.1, -0.05) is 23.7 Å². The number of benzene rings is 1. The van der Waals surface area contributed by atoms with Gasteiger partial charge in [0.05, 0.1) is 19.3 Å². The maximum atomic E-state index is 12.3. The molecule has 2 saturated heterocycles. The fourth-order valence-electron chi connectivity index (χ4n) is 3.48. The lowest BCUT2D eigenvalue weighted by molar-refractivity contribution is -0.122. The summed E-state index contributed by atoms with van der Waals surface area (Å²) in [6, 6.07) is 8.27. The van der Waals surface area contributed by atoms with Gasteiger partial charge in [0, 0.05) is 30.6 Å². The number of amides is 1. The molecule has 3 rings (SSSR count). The second-order valence-corrected chi connectivity index (χ2v) is 6.98. The number of morpholine rings is 1. The van der Waals surface area contributed by atoms with Gasteiger partial charge < -0.3 is 15.4 Å². The molecule has 2 unspecified atom stereocenters. The molecule has 2 fully saturated rings. The topological polar surface area (TPSA) is 53.6 Å². The number of carbonyl (C=O) groups excluding carboxylic acids is 1. The highest BCUT2D eigenvalue weighted by atomic mass is 35.5. The van der Waals surface area contributed by atoms with E-state index >= 15 is 0 Å². The maximum Gasteiger partial charge on any atom is 0.221 e. The van der Waals surface area contributed by atoms with Gasteiger partial charge in [-0.15, -0.1) is 0 Å². The van der Waals surface area contributed by atoms with E-state index in [1.54, 1.807) is 0 Å². The third-order valence-corrected chi connectivity index (χ3v) is 4.97. The molecule has 0 spiro atoms. The van der Waals surface area contributed by atoms with Gasteiger partial charge in [0.25, 0.3) is 0 Å². The van der Waals surface area contributed by atoms with Crippen LogP contribution in [0.4, 0.5) is 0 Å². The molecule has 2 heterocycles. The van der Waals surface area contributed by atoms with Gasteiger partial charge in [-0.3, -0.25) is 9.69 Å². The molecular formula is C18H26ClN3O2. The Kier molecular flexibility index (Phi) is 6.49. The fraction of sp³-hybridized carbons (Fsp3) is 0.611. The molecule has 1 amide bonds. The highest BCUT2D eigenvalue weighted by molar-refractivity contribution is 6.30. The van der Waals surface area contributed by atoms with Crippen LogP contribution in [-0.4, -0.2) is 56.2 Å². The molecule has 1 aromatic carbocycles. The van der Waals surface area contributed by atoms with Crippen molar-refractivity contribution in [1.29, 1.82) is 0 Å². The molecule has 2 atom stereocenters. The first kappa shape index (κ1) is 17.7. The van der Waals surface area contributed by atoms with Gasteiger partial charge in [0.15, 0.2) is 0 Å².